The zero-order valence-corrected chi connectivity index (χ0v) is 20.5. The number of aromatic nitrogens is 2. The van der Waals surface area contributed by atoms with Gasteiger partial charge in [-0.3, -0.25) is 9.69 Å². The van der Waals surface area contributed by atoms with Gasteiger partial charge in [-0.1, -0.05) is 54.6 Å². The molecule has 36 heavy (non-hydrogen) atoms. The summed E-state index contributed by atoms with van der Waals surface area (Å²) in [4.78, 5) is 29.2. The van der Waals surface area contributed by atoms with Crippen LogP contribution in [0.4, 0.5) is 5.95 Å². The van der Waals surface area contributed by atoms with E-state index in [1.165, 1.54) is 22.3 Å². The standard InChI is InChI=1S/C29H30N6O/c1-33-12-14-34(15-13-33)17-23-8-4-5-9-24(23)20-10-11-26-25(16-20)27(32-29(30)31-26)28(36)35-18-21-6-2-3-7-22(21)19-35/h2-11,16H,12-15,17-19H2,1H3,(H2,30,31,32). The molecule has 0 radical (unpaired) electrons. The Morgan fingerprint density at radius 1 is 0.889 bits per heavy atom. The van der Waals surface area contributed by atoms with Crippen LogP contribution >= 0.6 is 0 Å². The minimum Gasteiger partial charge on any atom is -0.368 e. The summed E-state index contributed by atoms with van der Waals surface area (Å²) >= 11 is 0. The largest absolute Gasteiger partial charge is 0.368 e. The Hall–Kier alpha value is -3.81. The fraction of sp³-hybridized carbons (Fsp3) is 0.276. The van der Waals surface area contributed by atoms with Crippen molar-refractivity contribution in [1.29, 1.82) is 0 Å². The van der Waals surface area contributed by atoms with Crippen molar-refractivity contribution < 1.29 is 4.79 Å². The van der Waals surface area contributed by atoms with Crippen molar-refractivity contribution in [3.63, 3.8) is 0 Å². The normalized spacial score (nSPS) is 16.4. The van der Waals surface area contributed by atoms with Crippen molar-refractivity contribution in [2.24, 2.45) is 0 Å². The Morgan fingerprint density at radius 3 is 2.33 bits per heavy atom. The lowest BCUT2D eigenvalue weighted by Crippen LogP contribution is -2.43. The second kappa shape index (κ2) is 9.33. The molecule has 1 amide bonds. The summed E-state index contributed by atoms with van der Waals surface area (Å²) in [5.74, 6) is -0.000973. The van der Waals surface area contributed by atoms with E-state index in [-0.39, 0.29) is 11.9 Å². The molecule has 1 saturated heterocycles. The molecule has 0 unspecified atom stereocenters. The number of amides is 1. The molecule has 2 aliphatic rings. The average molecular weight is 479 g/mol. The van der Waals surface area contributed by atoms with Crippen LogP contribution in [-0.4, -0.2) is 63.8 Å². The van der Waals surface area contributed by atoms with E-state index in [1.54, 1.807) is 0 Å². The predicted molar refractivity (Wildman–Crippen MR) is 142 cm³/mol. The van der Waals surface area contributed by atoms with Gasteiger partial charge in [-0.05, 0) is 47.0 Å². The fourth-order valence-corrected chi connectivity index (χ4v) is 5.29. The molecule has 2 aliphatic heterocycles. The number of carbonyl (C=O) groups excluding carboxylic acids is 1. The number of rotatable bonds is 4. The topological polar surface area (TPSA) is 78.6 Å². The lowest BCUT2D eigenvalue weighted by Gasteiger charge is -2.32. The lowest BCUT2D eigenvalue weighted by molar-refractivity contribution is 0.0747. The average Bonchev–Trinajstić information content (AvgIpc) is 3.34. The molecule has 1 fully saturated rings. The molecule has 2 N–H and O–H groups in total. The second-order valence-electron chi connectivity index (χ2n) is 9.83. The minimum atomic E-state index is -0.117. The molecule has 4 aromatic rings. The van der Waals surface area contributed by atoms with Crippen LogP contribution in [0, 0.1) is 0 Å². The van der Waals surface area contributed by atoms with Crippen LogP contribution in [0.5, 0.6) is 0 Å². The van der Waals surface area contributed by atoms with E-state index in [4.69, 9.17) is 5.73 Å². The van der Waals surface area contributed by atoms with E-state index >= 15 is 0 Å². The van der Waals surface area contributed by atoms with Gasteiger partial charge in [-0.2, -0.15) is 0 Å². The summed E-state index contributed by atoms with van der Waals surface area (Å²) < 4.78 is 0. The van der Waals surface area contributed by atoms with Gasteiger partial charge in [0.15, 0.2) is 0 Å². The van der Waals surface area contributed by atoms with Crippen molar-refractivity contribution in [2.75, 3.05) is 39.0 Å². The van der Waals surface area contributed by atoms with Gasteiger partial charge in [0, 0.05) is 51.2 Å². The van der Waals surface area contributed by atoms with Crippen LogP contribution in [0.3, 0.4) is 0 Å². The minimum absolute atomic E-state index is 0.116. The van der Waals surface area contributed by atoms with Gasteiger partial charge in [0.25, 0.3) is 5.91 Å². The summed E-state index contributed by atoms with van der Waals surface area (Å²) in [7, 11) is 2.18. The maximum Gasteiger partial charge on any atom is 0.273 e. The molecule has 1 aromatic heterocycles. The second-order valence-corrected chi connectivity index (χ2v) is 9.83. The smallest absolute Gasteiger partial charge is 0.273 e. The fourth-order valence-electron chi connectivity index (χ4n) is 5.29. The highest BCUT2D eigenvalue weighted by atomic mass is 16.2. The van der Waals surface area contributed by atoms with Gasteiger partial charge < -0.3 is 15.5 Å². The first-order valence-corrected chi connectivity index (χ1v) is 12.5. The van der Waals surface area contributed by atoms with Crippen LogP contribution in [0.1, 0.15) is 27.2 Å². The number of likely N-dealkylation sites (N-methyl/N-ethyl adjacent to an activating group) is 1. The summed E-state index contributed by atoms with van der Waals surface area (Å²) in [5.41, 5.74) is 12.9. The zero-order valence-electron chi connectivity index (χ0n) is 20.5. The molecule has 0 spiro atoms. The number of nitrogens with two attached hydrogens (primary N) is 1. The first-order chi connectivity index (χ1) is 17.5. The molecule has 182 valence electrons. The molecule has 0 saturated carbocycles. The number of anilines is 1. The van der Waals surface area contributed by atoms with Gasteiger partial charge in [-0.25, -0.2) is 9.97 Å². The Balaban J connectivity index is 1.35. The zero-order chi connectivity index (χ0) is 24.6. The third kappa shape index (κ3) is 4.32. The first kappa shape index (κ1) is 22.6. The SMILES string of the molecule is CN1CCN(Cc2ccccc2-c2ccc3nc(N)nc(C(=O)N4Cc5ccccc5C4)c3c2)CC1. The van der Waals surface area contributed by atoms with Crippen LogP contribution in [0.15, 0.2) is 66.7 Å². The molecule has 0 atom stereocenters. The third-order valence-electron chi connectivity index (χ3n) is 7.36. The van der Waals surface area contributed by atoms with Crippen LogP contribution in [0.25, 0.3) is 22.0 Å². The van der Waals surface area contributed by atoms with E-state index in [0.717, 1.165) is 43.7 Å². The number of piperazine rings is 1. The van der Waals surface area contributed by atoms with Gasteiger partial charge in [0.05, 0.1) is 5.52 Å². The molecule has 0 aliphatic carbocycles. The van der Waals surface area contributed by atoms with Crippen LogP contribution in [0.2, 0.25) is 0 Å². The molecular formula is C29H30N6O. The molecular weight excluding hydrogens is 448 g/mol. The van der Waals surface area contributed by atoms with Gasteiger partial charge in [0.1, 0.15) is 5.69 Å². The molecule has 3 aromatic carbocycles. The summed E-state index contributed by atoms with van der Waals surface area (Å²) in [6, 6.07) is 22.8. The van der Waals surface area contributed by atoms with E-state index in [9.17, 15) is 4.79 Å². The Labute approximate surface area is 211 Å². The highest BCUT2D eigenvalue weighted by molar-refractivity contribution is 6.06. The number of fused-ring (bicyclic) bond motifs is 2. The third-order valence-corrected chi connectivity index (χ3v) is 7.36. The van der Waals surface area contributed by atoms with E-state index in [0.29, 0.717) is 24.3 Å². The summed E-state index contributed by atoms with van der Waals surface area (Å²) in [5, 5.41) is 0.733. The van der Waals surface area contributed by atoms with E-state index in [1.807, 2.05) is 29.2 Å². The van der Waals surface area contributed by atoms with Crippen molar-refractivity contribution in [3.05, 3.63) is 89.1 Å². The molecule has 3 heterocycles. The predicted octanol–water partition coefficient (Wildman–Crippen LogP) is 3.78. The Morgan fingerprint density at radius 2 is 1.58 bits per heavy atom. The van der Waals surface area contributed by atoms with Crippen LogP contribution < -0.4 is 5.73 Å². The lowest BCUT2D eigenvalue weighted by atomic mass is 9.97. The molecule has 6 rings (SSSR count). The highest BCUT2D eigenvalue weighted by Gasteiger charge is 2.27. The van der Waals surface area contributed by atoms with Gasteiger partial charge in [-0.15, -0.1) is 0 Å². The number of benzene rings is 3. The van der Waals surface area contributed by atoms with Crippen molar-refractivity contribution >= 4 is 22.8 Å². The maximum atomic E-state index is 13.7. The van der Waals surface area contributed by atoms with Crippen molar-refractivity contribution in [2.45, 2.75) is 19.6 Å². The number of carbonyl (C=O) groups is 1. The van der Waals surface area contributed by atoms with Crippen LogP contribution in [-0.2, 0) is 19.6 Å². The van der Waals surface area contributed by atoms with Crippen molar-refractivity contribution in [1.82, 2.24) is 24.7 Å². The highest BCUT2D eigenvalue weighted by Crippen LogP contribution is 2.31. The summed E-state index contributed by atoms with van der Waals surface area (Å²) in [6.07, 6.45) is 0. The number of hydrogen-bond acceptors (Lipinski definition) is 6. The summed E-state index contributed by atoms with van der Waals surface area (Å²) in [6.45, 7) is 6.35. The first-order valence-electron chi connectivity index (χ1n) is 12.5. The number of nitrogens with zero attached hydrogens (tertiary/aromatic N) is 5. The van der Waals surface area contributed by atoms with E-state index in [2.05, 4.69) is 69.3 Å². The number of nitrogen functional groups attached to an aromatic ring is 1. The van der Waals surface area contributed by atoms with Gasteiger partial charge >= 0.3 is 0 Å². The molecule has 7 heteroatoms. The Kier molecular flexibility index (Phi) is 5.87. The van der Waals surface area contributed by atoms with E-state index < -0.39 is 0 Å². The number of hydrogen-bond donors (Lipinski definition) is 1. The quantitative estimate of drug-likeness (QED) is 0.481. The maximum absolute atomic E-state index is 13.7. The monoisotopic (exact) mass is 478 g/mol. The molecule has 7 nitrogen and oxygen atoms in total. The van der Waals surface area contributed by atoms with Crippen molar-refractivity contribution in [3.8, 4) is 11.1 Å². The van der Waals surface area contributed by atoms with Gasteiger partial charge in [0.2, 0.25) is 5.95 Å². The Bertz CT molecular complexity index is 1420. The molecule has 0 bridgehead atoms.